The number of nitrogens with one attached hydrogen (secondary N) is 1. The van der Waals surface area contributed by atoms with Crippen LogP contribution in [0.4, 0.5) is 4.79 Å². The summed E-state index contributed by atoms with van der Waals surface area (Å²) in [5, 5.41) is 5.35. The van der Waals surface area contributed by atoms with E-state index >= 15 is 0 Å². The second kappa shape index (κ2) is 10.4. The van der Waals surface area contributed by atoms with Gasteiger partial charge in [-0.15, -0.1) is 0 Å². The Kier molecular flexibility index (Phi) is 8.03. The number of ether oxygens (including phenoxy) is 1. The van der Waals surface area contributed by atoms with Crippen LogP contribution in [0.1, 0.15) is 104 Å². The van der Waals surface area contributed by atoms with Gasteiger partial charge in [-0.3, -0.25) is 4.84 Å². The summed E-state index contributed by atoms with van der Waals surface area (Å²) in [6.07, 6.45) is 8.85. The first-order valence-corrected chi connectivity index (χ1v) is 12.3. The molecule has 0 spiro atoms. The van der Waals surface area contributed by atoms with E-state index in [2.05, 4.69) is 69.3 Å². The summed E-state index contributed by atoms with van der Waals surface area (Å²) in [6.45, 7) is 11.0. The van der Waals surface area contributed by atoms with Crippen molar-refractivity contribution < 1.29 is 14.4 Å². The van der Waals surface area contributed by atoms with Gasteiger partial charge in [0, 0.05) is 30.0 Å². The van der Waals surface area contributed by atoms with Crippen LogP contribution in [0.15, 0.2) is 30.3 Å². The molecule has 1 N–H and O–H groups in total. The number of hydrogen-bond acceptors (Lipinski definition) is 4. The lowest BCUT2D eigenvalue weighted by Crippen LogP contribution is -2.64. The van der Waals surface area contributed by atoms with Crippen molar-refractivity contribution in [3.8, 4) is 0 Å². The minimum atomic E-state index is -0.249. The Morgan fingerprint density at radius 3 is 2.35 bits per heavy atom. The van der Waals surface area contributed by atoms with Gasteiger partial charge >= 0.3 is 6.09 Å². The highest BCUT2D eigenvalue weighted by molar-refractivity contribution is 5.67. The standard InChI is InChI=1S/C26H42N2O3/c1-6-26(7-2)19-23(30-24(29)27-22-16-12-9-13-17-22)18-25(4,5)28(26)31-20(3)21-14-10-8-11-15-21/h8,10-11,14-15,20,22-23H,6-7,9,12-13,16-19H2,1-5H3,(H,27,29). The fourth-order valence-corrected chi connectivity index (χ4v) is 5.57. The van der Waals surface area contributed by atoms with Crippen LogP contribution < -0.4 is 5.32 Å². The highest BCUT2D eigenvalue weighted by Gasteiger charge is 2.51. The first-order valence-electron chi connectivity index (χ1n) is 12.3. The number of amides is 1. The predicted molar refractivity (Wildman–Crippen MR) is 125 cm³/mol. The predicted octanol–water partition coefficient (Wildman–Crippen LogP) is 6.54. The van der Waals surface area contributed by atoms with Crippen molar-refractivity contribution in [1.29, 1.82) is 0 Å². The monoisotopic (exact) mass is 430 g/mol. The van der Waals surface area contributed by atoms with Crippen molar-refractivity contribution in [1.82, 2.24) is 10.4 Å². The molecule has 2 aliphatic rings. The molecule has 0 aromatic heterocycles. The fourth-order valence-electron chi connectivity index (χ4n) is 5.57. The Morgan fingerprint density at radius 1 is 1.10 bits per heavy atom. The van der Waals surface area contributed by atoms with Crippen LogP contribution in [0.2, 0.25) is 0 Å². The first kappa shape index (κ1) is 24.1. The zero-order chi connectivity index (χ0) is 22.5. The number of piperidine rings is 1. The van der Waals surface area contributed by atoms with Gasteiger partial charge in [0.2, 0.25) is 0 Å². The lowest BCUT2D eigenvalue weighted by atomic mass is 9.75. The van der Waals surface area contributed by atoms with Crippen molar-refractivity contribution in [3.05, 3.63) is 35.9 Å². The first-order chi connectivity index (χ1) is 14.8. The Labute approximate surface area is 188 Å². The number of hydroxylamine groups is 2. The van der Waals surface area contributed by atoms with Crippen LogP contribution in [0, 0.1) is 0 Å². The SMILES string of the molecule is CCC1(CC)CC(OC(=O)NC2CCCCC2)CC(C)(C)N1OC(C)c1ccccc1. The molecule has 2 atom stereocenters. The van der Waals surface area contributed by atoms with Gasteiger partial charge in [0.1, 0.15) is 12.2 Å². The molecule has 1 aliphatic heterocycles. The van der Waals surface area contributed by atoms with Gasteiger partial charge in [-0.1, -0.05) is 63.4 Å². The van der Waals surface area contributed by atoms with E-state index in [0.29, 0.717) is 0 Å². The van der Waals surface area contributed by atoms with Crippen LogP contribution in [-0.2, 0) is 9.57 Å². The summed E-state index contributed by atoms with van der Waals surface area (Å²) in [6, 6.07) is 10.6. The van der Waals surface area contributed by atoms with Gasteiger partial charge in [0.05, 0.1) is 0 Å². The number of nitrogens with zero attached hydrogens (tertiary/aromatic N) is 1. The van der Waals surface area contributed by atoms with Gasteiger partial charge in [0.15, 0.2) is 0 Å². The van der Waals surface area contributed by atoms with E-state index in [0.717, 1.165) is 38.5 Å². The summed E-state index contributed by atoms with van der Waals surface area (Å²) in [5.41, 5.74) is 0.758. The van der Waals surface area contributed by atoms with Gasteiger partial charge in [-0.05, 0) is 52.0 Å². The number of rotatable bonds is 7. The Hall–Kier alpha value is -1.59. The van der Waals surface area contributed by atoms with Crippen LogP contribution in [0.3, 0.4) is 0 Å². The molecule has 2 fully saturated rings. The molecule has 31 heavy (non-hydrogen) atoms. The Morgan fingerprint density at radius 2 is 1.74 bits per heavy atom. The second-order valence-corrected chi connectivity index (χ2v) is 10.1. The lowest BCUT2D eigenvalue weighted by molar-refractivity contribution is -0.322. The molecular weight excluding hydrogens is 388 g/mol. The molecule has 1 aliphatic carbocycles. The molecule has 0 radical (unpaired) electrons. The molecule has 1 aromatic rings. The maximum atomic E-state index is 12.6. The molecule has 1 aromatic carbocycles. The van der Waals surface area contributed by atoms with Gasteiger partial charge < -0.3 is 10.1 Å². The van der Waals surface area contributed by atoms with Crippen LogP contribution in [0.5, 0.6) is 0 Å². The number of carbonyl (C=O) groups excluding carboxylic acids is 1. The van der Waals surface area contributed by atoms with Crippen LogP contribution in [0.25, 0.3) is 0 Å². The topological polar surface area (TPSA) is 50.8 Å². The molecule has 1 saturated heterocycles. The Bertz CT molecular complexity index is 696. The molecule has 1 heterocycles. The van der Waals surface area contributed by atoms with Crippen molar-refractivity contribution in [2.75, 3.05) is 0 Å². The summed E-state index contributed by atoms with van der Waals surface area (Å²) in [7, 11) is 0. The molecule has 5 nitrogen and oxygen atoms in total. The number of hydrogen-bond donors (Lipinski definition) is 1. The van der Waals surface area contributed by atoms with Gasteiger partial charge in [-0.2, -0.15) is 5.06 Å². The Balaban J connectivity index is 1.70. The van der Waals surface area contributed by atoms with Gasteiger partial charge in [-0.25, -0.2) is 4.79 Å². The van der Waals surface area contributed by atoms with Crippen LogP contribution >= 0.6 is 0 Å². The van der Waals surface area contributed by atoms with E-state index in [4.69, 9.17) is 9.57 Å². The largest absolute Gasteiger partial charge is 0.446 e. The van der Waals surface area contributed by atoms with E-state index in [9.17, 15) is 4.79 Å². The minimum absolute atomic E-state index is 0.0370. The summed E-state index contributed by atoms with van der Waals surface area (Å²) >= 11 is 0. The molecule has 3 rings (SSSR count). The maximum Gasteiger partial charge on any atom is 0.407 e. The van der Waals surface area contributed by atoms with Crippen molar-refractivity contribution in [3.63, 3.8) is 0 Å². The molecule has 1 amide bonds. The molecule has 0 bridgehead atoms. The van der Waals surface area contributed by atoms with E-state index in [1.165, 1.54) is 24.8 Å². The smallest absolute Gasteiger partial charge is 0.407 e. The third-order valence-corrected chi connectivity index (χ3v) is 7.37. The fraction of sp³-hybridized carbons (Fsp3) is 0.731. The third-order valence-electron chi connectivity index (χ3n) is 7.37. The van der Waals surface area contributed by atoms with Crippen molar-refractivity contribution >= 4 is 6.09 Å². The zero-order valence-electron chi connectivity index (χ0n) is 20.2. The highest BCUT2D eigenvalue weighted by atomic mass is 16.7. The number of benzene rings is 1. The second-order valence-electron chi connectivity index (χ2n) is 10.1. The quantitative estimate of drug-likeness (QED) is 0.533. The third kappa shape index (κ3) is 5.81. The normalized spacial score (nSPS) is 25.0. The van der Waals surface area contributed by atoms with Crippen LogP contribution in [-0.4, -0.2) is 34.4 Å². The summed E-state index contributed by atoms with van der Waals surface area (Å²) in [5.74, 6) is 0. The zero-order valence-corrected chi connectivity index (χ0v) is 20.2. The minimum Gasteiger partial charge on any atom is -0.446 e. The molecule has 2 unspecified atom stereocenters. The van der Waals surface area contributed by atoms with E-state index < -0.39 is 0 Å². The molecule has 174 valence electrons. The van der Waals surface area contributed by atoms with E-state index in [-0.39, 0.29) is 35.4 Å². The van der Waals surface area contributed by atoms with Crippen molar-refractivity contribution in [2.45, 2.75) is 122 Å². The average Bonchev–Trinajstić information content (AvgIpc) is 2.76. The van der Waals surface area contributed by atoms with E-state index in [1.54, 1.807) is 0 Å². The number of carbonyl (C=O) groups is 1. The van der Waals surface area contributed by atoms with Crippen molar-refractivity contribution in [2.24, 2.45) is 0 Å². The van der Waals surface area contributed by atoms with E-state index in [1.807, 2.05) is 6.07 Å². The average molecular weight is 431 g/mol. The molecule has 5 heteroatoms. The lowest BCUT2D eigenvalue weighted by Gasteiger charge is -2.56. The molecule has 1 saturated carbocycles. The summed E-state index contributed by atoms with van der Waals surface area (Å²) in [4.78, 5) is 19.3. The molecular formula is C26H42N2O3. The number of alkyl carbamates (subject to hydrolysis) is 1. The van der Waals surface area contributed by atoms with Gasteiger partial charge in [0.25, 0.3) is 0 Å². The maximum absolute atomic E-state index is 12.6. The highest BCUT2D eigenvalue weighted by Crippen LogP contribution is 2.45. The summed E-state index contributed by atoms with van der Waals surface area (Å²) < 4.78 is 5.99.